The zero-order valence-corrected chi connectivity index (χ0v) is 15.1. The van der Waals surface area contributed by atoms with Crippen LogP contribution in [0.2, 0.25) is 0 Å². The molecule has 0 spiro atoms. The molecule has 128 valence electrons. The molecule has 0 saturated carbocycles. The van der Waals surface area contributed by atoms with Crippen molar-refractivity contribution in [1.29, 1.82) is 0 Å². The van der Waals surface area contributed by atoms with Gasteiger partial charge in [-0.2, -0.15) is 0 Å². The zero-order chi connectivity index (χ0) is 18.0. The van der Waals surface area contributed by atoms with Gasteiger partial charge in [0, 0.05) is 0 Å². The molecule has 5 heteroatoms. The summed E-state index contributed by atoms with van der Waals surface area (Å²) in [6, 6.07) is 15.4. The number of rotatable bonds is 3. The third-order valence-electron chi connectivity index (χ3n) is 3.78. The zero-order valence-electron chi connectivity index (χ0n) is 14.3. The third kappa shape index (κ3) is 4.31. The van der Waals surface area contributed by atoms with E-state index in [2.05, 4.69) is 38.2 Å². The van der Waals surface area contributed by atoms with Crippen LogP contribution in [-0.4, -0.2) is 11.1 Å². The first-order chi connectivity index (χ1) is 11.8. The molecule has 1 N–H and O–H groups in total. The smallest absolute Gasteiger partial charge is 0.290 e. The van der Waals surface area contributed by atoms with Crippen molar-refractivity contribution in [2.45, 2.75) is 26.2 Å². The molecule has 1 aliphatic rings. The van der Waals surface area contributed by atoms with E-state index in [0.717, 1.165) is 23.1 Å². The van der Waals surface area contributed by atoms with Gasteiger partial charge in [-0.3, -0.25) is 14.9 Å². The van der Waals surface area contributed by atoms with Crippen LogP contribution in [-0.2, 0) is 10.2 Å². The standard InChI is InChI=1S/C20H19NO3S/c1-20(2,3)14-6-10-16(11-7-14)24-15-8-4-13(5-9-15)12-17-18(22)21-19(23)25-17/h4-12H,1-3H3,(H,21,22,23). The van der Waals surface area contributed by atoms with E-state index in [-0.39, 0.29) is 16.6 Å². The highest BCUT2D eigenvalue weighted by molar-refractivity contribution is 8.18. The number of carbonyl (C=O) groups excluding carboxylic acids is 2. The normalized spacial score (nSPS) is 16.2. The van der Waals surface area contributed by atoms with Crippen LogP contribution in [0, 0.1) is 0 Å². The highest BCUT2D eigenvalue weighted by Crippen LogP contribution is 2.28. The van der Waals surface area contributed by atoms with Crippen LogP contribution in [0.15, 0.2) is 53.4 Å². The lowest BCUT2D eigenvalue weighted by atomic mass is 9.87. The number of hydrogen-bond donors (Lipinski definition) is 1. The van der Waals surface area contributed by atoms with Crippen molar-refractivity contribution < 1.29 is 14.3 Å². The third-order valence-corrected chi connectivity index (χ3v) is 4.59. The minimum atomic E-state index is -0.353. The van der Waals surface area contributed by atoms with Crippen molar-refractivity contribution in [3.63, 3.8) is 0 Å². The largest absolute Gasteiger partial charge is 0.457 e. The van der Waals surface area contributed by atoms with Gasteiger partial charge in [-0.15, -0.1) is 0 Å². The Labute approximate surface area is 151 Å². The summed E-state index contributed by atoms with van der Waals surface area (Å²) in [5, 5.41) is 1.90. The van der Waals surface area contributed by atoms with Gasteiger partial charge in [0.05, 0.1) is 4.91 Å². The van der Waals surface area contributed by atoms with Crippen LogP contribution in [0.3, 0.4) is 0 Å². The molecule has 0 aromatic heterocycles. The summed E-state index contributed by atoms with van der Waals surface area (Å²) in [4.78, 5) is 23.1. The van der Waals surface area contributed by atoms with Gasteiger partial charge in [0.1, 0.15) is 11.5 Å². The van der Waals surface area contributed by atoms with Gasteiger partial charge in [0.15, 0.2) is 0 Å². The van der Waals surface area contributed by atoms with Crippen molar-refractivity contribution in [2.24, 2.45) is 0 Å². The molecule has 1 heterocycles. The van der Waals surface area contributed by atoms with E-state index in [0.29, 0.717) is 10.7 Å². The maximum atomic E-state index is 11.5. The molecule has 4 nitrogen and oxygen atoms in total. The Kier molecular flexibility index (Phi) is 4.68. The Bertz CT molecular complexity index is 831. The molecule has 0 atom stereocenters. The Balaban J connectivity index is 1.70. The first-order valence-electron chi connectivity index (χ1n) is 7.94. The van der Waals surface area contributed by atoms with Gasteiger partial charge >= 0.3 is 0 Å². The Morgan fingerprint density at radius 3 is 1.96 bits per heavy atom. The number of benzene rings is 2. The molecule has 1 saturated heterocycles. The van der Waals surface area contributed by atoms with E-state index < -0.39 is 0 Å². The molecule has 2 aromatic carbocycles. The van der Waals surface area contributed by atoms with E-state index in [9.17, 15) is 9.59 Å². The molecule has 3 rings (SSSR count). The number of nitrogens with one attached hydrogen (secondary N) is 1. The highest BCUT2D eigenvalue weighted by atomic mass is 32.2. The molecular formula is C20H19NO3S. The average molecular weight is 353 g/mol. The number of ether oxygens (including phenoxy) is 1. The minimum absolute atomic E-state index is 0.111. The van der Waals surface area contributed by atoms with E-state index in [1.165, 1.54) is 5.56 Å². The predicted molar refractivity (Wildman–Crippen MR) is 101 cm³/mol. The topological polar surface area (TPSA) is 55.4 Å². The molecule has 0 radical (unpaired) electrons. The van der Waals surface area contributed by atoms with Crippen molar-refractivity contribution in [3.05, 3.63) is 64.6 Å². The van der Waals surface area contributed by atoms with E-state index in [4.69, 9.17) is 4.74 Å². The molecule has 1 fully saturated rings. The van der Waals surface area contributed by atoms with Crippen molar-refractivity contribution >= 4 is 29.0 Å². The second-order valence-corrected chi connectivity index (χ2v) is 7.81. The Morgan fingerprint density at radius 1 is 0.920 bits per heavy atom. The lowest BCUT2D eigenvalue weighted by Gasteiger charge is -2.19. The summed E-state index contributed by atoms with van der Waals surface area (Å²) < 4.78 is 5.85. The van der Waals surface area contributed by atoms with E-state index >= 15 is 0 Å². The minimum Gasteiger partial charge on any atom is -0.457 e. The SMILES string of the molecule is CC(C)(C)c1ccc(Oc2ccc(C=C3SC(=O)NC3=O)cc2)cc1. The Morgan fingerprint density at radius 2 is 1.48 bits per heavy atom. The first kappa shape index (κ1) is 17.3. The molecule has 2 amide bonds. The fraction of sp³-hybridized carbons (Fsp3) is 0.200. The summed E-state index contributed by atoms with van der Waals surface area (Å²) in [7, 11) is 0. The summed E-state index contributed by atoms with van der Waals surface area (Å²) in [6.45, 7) is 6.52. The highest BCUT2D eigenvalue weighted by Gasteiger charge is 2.24. The summed E-state index contributed by atoms with van der Waals surface area (Å²) in [6.07, 6.45) is 1.69. The molecule has 25 heavy (non-hydrogen) atoms. The summed E-state index contributed by atoms with van der Waals surface area (Å²) in [5.41, 5.74) is 2.20. The summed E-state index contributed by atoms with van der Waals surface area (Å²) in [5.74, 6) is 1.13. The molecular weight excluding hydrogens is 334 g/mol. The van der Waals surface area contributed by atoms with Crippen LogP contribution in [0.1, 0.15) is 31.9 Å². The van der Waals surface area contributed by atoms with E-state index in [1.54, 1.807) is 6.08 Å². The van der Waals surface area contributed by atoms with Crippen molar-refractivity contribution in [2.75, 3.05) is 0 Å². The van der Waals surface area contributed by atoms with Crippen LogP contribution in [0.4, 0.5) is 4.79 Å². The van der Waals surface area contributed by atoms with Gasteiger partial charge in [-0.05, 0) is 58.6 Å². The molecule has 0 aliphatic carbocycles. The van der Waals surface area contributed by atoms with Crippen LogP contribution in [0.25, 0.3) is 6.08 Å². The maximum Gasteiger partial charge on any atom is 0.290 e. The van der Waals surface area contributed by atoms with Gasteiger partial charge in [0.2, 0.25) is 0 Å². The predicted octanol–water partition coefficient (Wildman–Crippen LogP) is 5.10. The van der Waals surface area contributed by atoms with Crippen LogP contribution in [0.5, 0.6) is 11.5 Å². The number of amides is 2. The van der Waals surface area contributed by atoms with Gasteiger partial charge in [0.25, 0.3) is 11.1 Å². The van der Waals surface area contributed by atoms with Crippen LogP contribution >= 0.6 is 11.8 Å². The fourth-order valence-corrected chi connectivity index (χ4v) is 3.05. The molecule has 1 aliphatic heterocycles. The number of hydrogen-bond acceptors (Lipinski definition) is 4. The molecule has 2 aromatic rings. The average Bonchev–Trinajstić information content (AvgIpc) is 2.86. The van der Waals surface area contributed by atoms with Gasteiger partial charge in [-0.1, -0.05) is 45.0 Å². The molecule has 0 bridgehead atoms. The number of carbonyl (C=O) groups is 2. The Hall–Kier alpha value is -2.53. The number of thioether (sulfide) groups is 1. The van der Waals surface area contributed by atoms with Crippen molar-refractivity contribution in [3.8, 4) is 11.5 Å². The first-order valence-corrected chi connectivity index (χ1v) is 8.76. The van der Waals surface area contributed by atoms with Gasteiger partial charge in [-0.25, -0.2) is 0 Å². The second kappa shape index (κ2) is 6.76. The van der Waals surface area contributed by atoms with Crippen molar-refractivity contribution in [1.82, 2.24) is 5.32 Å². The fourth-order valence-electron chi connectivity index (χ4n) is 2.36. The number of imide groups is 1. The quantitative estimate of drug-likeness (QED) is 0.780. The lowest BCUT2D eigenvalue weighted by Crippen LogP contribution is -2.17. The monoisotopic (exact) mass is 353 g/mol. The lowest BCUT2D eigenvalue weighted by molar-refractivity contribution is -0.115. The molecule has 0 unspecified atom stereocenters. The van der Waals surface area contributed by atoms with Crippen LogP contribution < -0.4 is 10.1 Å². The van der Waals surface area contributed by atoms with E-state index in [1.807, 2.05) is 36.4 Å². The van der Waals surface area contributed by atoms with Gasteiger partial charge < -0.3 is 4.74 Å². The summed E-state index contributed by atoms with van der Waals surface area (Å²) >= 11 is 0.909. The maximum absolute atomic E-state index is 11.5. The second-order valence-electron chi connectivity index (χ2n) is 6.80.